The van der Waals surface area contributed by atoms with Crippen molar-refractivity contribution in [1.82, 2.24) is 16.0 Å². The molecule has 0 radical (unpaired) electrons. The average Bonchev–Trinajstić information content (AvgIpc) is 2.19. The zero-order valence-electron chi connectivity index (χ0n) is 7.93. The number of methoxy groups -OCH3 is 1. The fourth-order valence-corrected chi connectivity index (χ4v) is 1.24. The van der Waals surface area contributed by atoms with Gasteiger partial charge in [-0.05, 0) is 0 Å². The largest absolute Gasteiger partial charge is 0.383 e. The number of amides is 1. The van der Waals surface area contributed by atoms with Gasteiger partial charge in [0.2, 0.25) is 5.91 Å². The minimum atomic E-state index is -0.0920. The molecule has 1 saturated heterocycles. The molecule has 13 heavy (non-hydrogen) atoms. The molecular weight excluding hydrogens is 170 g/mol. The maximum Gasteiger partial charge on any atom is 0.238 e. The normalized spacial score (nSPS) is 22.7. The fourth-order valence-electron chi connectivity index (χ4n) is 1.24. The highest BCUT2D eigenvalue weighted by Crippen LogP contribution is 1.86. The summed E-state index contributed by atoms with van der Waals surface area (Å²) in [6.45, 7) is 3.63. The van der Waals surface area contributed by atoms with Crippen LogP contribution in [0.5, 0.6) is 0 Å². The summed E-state index contributed by atoms with van der Waals surface area (Å²) in [6.07, 6.45) is 0. The highest BCUT2D eigenvalue weighted by Gasteiger charge is 2.19. The van der Waals surface area contributed by atoms with E-state index in [9.17, 15) is 4.79 Å². The molecule has 0 aromatic carbocycles. The quantitative estimate of drug-likeness (QED) is 0.460. The van der Waals surface area contributed by atoms with E-state index in [1.165, 1.54) is 0 Å². The molecule has 1 amide bonds. The maximum absolute atomic E-state index is 11.4. The Hall–Kier alpha value is -0.650. The Balaban J connectivity index is 2.13. The molecule has 1 aliphatic heterocycles. The summed E-state index contributed by atoms with van der Waals surface area (Å²) in [5, 5.41) is 9.07. The van der Waals surface area contributed by atoms with Crippen LogP contribution in [-0.4, -0.2) is 51.8 Å². The van der Waals surface area contributed by atoms with Crippen LogP contribution in [0, 0.1) is 0 Å². The standard InChI is InChI=1S/C8H17N3O2/c1-13-5-4-11-8(12)7-6-9-2-3-10-7/h7,9-10H,2-6H2,1H3,(H,11,12)/t7-/m0/s1. The second-order valence-electron chi connectivity index (χ2n) is 2.99. The van der Waals surface area contributed by atoms with E-state index in [1.54, 1.807) is 7.11 Å². The first-order chi connectivity index (χ1) is 6.34. The number of ether oxygens (including phenoxy) is 1. The van der Waals surface area contributed by atoms with E-state index in [4.69, 9.17) is 4.74 Å². The number of hydrogen-bond acceptors (Lipinski definition) is 4. The summed E-state index contributed by atoms with van der Waals surface area (Å²) in [4.78, 5) is 11.4. The summed E-state index contributed by atoms with van der Waals surface area (Å²) in [5.74, 6) is 0.0456. The van der Waals surface area contributed by atoms with Gasteiger partial charge in [-0.25, -0.2) is 0 Å². The zero-order valence-corrected chi connectivity index (χ0v) is 7.93. The fraction of sp³-hybridized carbons (Fsp3) is 0.875. The summed E-state index contributed by atoms with van der Waals surface area (Å²) in [7, 11) is 1.62. The molecule has 0 aromatic heterocycles. The lowest BCUT2D eigenvalue weighted by Crippen LogP contribution is -2.56. The highest BCUT2D eigenvalue weighted by atomic mass is 16.5. The van der Waals surface area contributed by atoms with Crippen molar-refractivity contribution in [2.45, 2.75) is 6.04 Å². The molecule has 76 valence electrons. The molecule has 1 heterocycles. The minimum absolute atomic E-state index is 0.0456. The first-order valence-corrected chi connectivity index (χ1v) is 4.55. The number of nitrogens with one attached hydrogen (secondary N) is 3. The van der Waals surface area contributed by atoms with E-state index in [1.807, 2.05) is 0 Å². The molecule has 0 saturated carbocycles. The van der Waals surface area contributed by atoms with Crippen molar-refractivity contribution in [3.63, 3.8) is 0 Å². The second-order valence-corrected chi connectivity index (χ2v) is 2.99. The molecule has 0 aromatic rings. The Labute approximate surface area is 78.2 Å². The number of piperazine rings is 1. The van der Waals surface area contributed by atoms with Gasteiger partial charge in [-0.1, -0.05) is 0 Å². The van der Waals surface area contributed by atoms with Gasteiger partial charge in [-0.3, -0.25) is 4.79 Å². The van der Waals surface area contributed by atoms with E-state index >= 15 is 0 Å². The van der Waals surface area contributed by atoms with Crippen LogP contribution in [0.3, 0.4) is 0 Å². The Morgan fingerprint density at radius 2 is 2.46 bits per heavy atom. The van der Waals surface area contributed by atoms with E-state index < -0.39 is 0 Å². The molecule has 1 fully saturated rings. The zero-order chi connectivity index (χ0) is 9.52. The lowest BCUT2D eigenvalue weighted by molar-refractivity contribution is -0.123. The van der Waals surface area contributed by atoms with Crippen molar-refractivity contribution >= 4 is 5.91 Å². The number of rotatable bonds is 4. The van der Waals surface area contributed by atoms with Crippen LogP contribution < -0.4 is 16.0 Å². The molecule has 1 rings (SSSR count). The van der Waals surface area contributed by atoms with E-state index in [0.29, 0.717) is 19.7 Å². The summed E-state index contributed by atoms with van der Waals surface area (Å²) in [5.41, 5.74) is 0. The van der Waals surface area contributed by atoms with E-state index in [0.717, 1.165) is 13.1 Å². The average molecular weight is 187 g/mol. The van der Waals surface area contributed by atoms with Crippen LogP contribution in [0.25, 0.3) is 0 Å². The van der Waals surface area contributed by atoms with Gasteiger partial charge in [-0.2, -0.15) is 0 Å². The Morgan fingerprint density at radius 1 is 1.62 bits per heavy atom. The van der Waals surface area contributed by atoms with Gasteiger partial charge in [0, 0.05) is 33.3 Å². The number of hydrogen-bond donors (Lipinski definition) is 3. The van der Waals surface area contributed by atoms with Crippen molar-refractivity contribution in [2.75, 3.05) is 39.9 Å². The molecular formula is C8H17N3O2. The van der Waals surface area contributed by atoms with Crippen molar-refractivity contribution in [2.24, 2.45) is 0 Å². The lowest BCUT2D eigenvalue weighted by atomic mass is 10.2. The summed E-state index contributed by atoms with van der Waals surface area (Å²) < 4.78 is 4.83. The lowest BCUT2D eigenvalue weighted by Gasteiger charge is -2.23. The van der Waals surface area contributed by atoms with Crippen molar-refractivity contribution in [3.05, 3.63) is 0 Å². The van der Waals surface area contributed by atoms with Gasteiger partial charge in [0.05, 0.1) is 12.6 Å². The molecule has 5 heteroatoms. The summed E-state index contributed by atoms with van der Waals surface area (Å²) >= 11 is 0. The van der Waals surface area contributed by atoms with Gasteiger partial charge < -0.3 is 20.7 Å². The van der Waals surface area contributed by atoms with E-state index in [2.05, 4.69) is 16.0 Å². The first kappa shape index (κ1) is 10.4. The highest BCUT2D eigenvalue weighted by molar-refractivity contribution is 5.82. The Kier molecular flexibility index (Phi) is 4.74. The molecule has 0 aliphatic carbocycles. The Morgan fingerprint density at radius 3 is 3.08 bits per heavy atom. The van der Waals surface area contributed by atoms with Crippen molar-refractivity contribution in [3.8, 4) is 0 Å². The first-order valence-electron chi connectivity index (χ1n) is 4.55. The van der Waals surface area contributed by atoms with Gasteiger partial charge >= 0.3 is 0 Å². The molecule has 1 aliphatic rings. The molecule has 1 atom stereocenters. The van der Waals surface area contributed by atoms with Crippen LogP contribution in [0.4, 0.5) is 0 Å². The van der Waals surface area contributed by atoms with Crippen LogP contribution in [0.1, 0.15) is 0 Å². The van der Waals surface area contributed by atoms with Crippen LogP contribution in [-0.2, 0) is 9.53 Å². The molecule has 3 N–H and O–H groups in total. The maximum atomic E-state index is 11.4. The van der Waals surface area contributed by atoms with Gasteiger partial charge in [0.25, 0.3) is 0 Å². The smallest absolute Gasteiger partial charge is 0.238 e. The van der Waals surface area contributed by atoms with Gasteiger partial charge in [0.1, 0.15) is 0 Å². The predicted octanol–water partition coefficient (Wildman–Crippen LogP) is -1.69. The molecule has 5 nitrogen and oxygen atoms in total. The van der Waals surface area contributed by atoms with Crippen molar-refractivity contribution in [1.29, 1.82) is 0 Å². The molecule has 0 unspecified atom stereocenters. The number of carbonyl (C=O) groups is 1. The van der Waals surface area contributed by atoms with Crippen LogP contribution in [0.15, 0.2) is 0 Å². The van der Waals surface area contributed by atoms with Crippen LogP contribution in [0.2, 0.25) is 0 Å². The number of carbonyl (C=O) groups excluding carboxylic acids is 1. The third kappa shape index (κ3) is 3.71. The monoisotopic (exact) mass is 187 g/mol. The van der Waals surface area contributed by atoms with Crippen molar-refractivity contribution < 1.29 is 9.53 Å². The predicted molar refractivity (Wildman–Crippen MR) is 49.5 cm³/mol. The third-order valence-electron chi connectivity index (χ3n) is 1.96. The third-order valence-corrected chi connectivity index (χ3v) is 1.96. The van der Waals surface area contributed by atoms with Gasteiger partial charge in [-0.15, -0.1) is 0 Å². The SMILES string of the molecule is COCCNC(=O)[C@@H]1CNCCN1. The molecule has 0 spiro atoms. The topological polar surface area (TPSA) is 62.4 Å². The minimum Gasteiger partial charge on any atom is -0.383 e. The Bertz CT molecular complexity index is 157. The van der Waals surface area contributed by atoms with Crippen LogP contribution >= 0.6 is 0 Å². The molecule has 0 bridgehead atoms. The van der Waals surface area contributed by atoms with E-state index in [-0.39, 0.29) is 11.9 Å². The van der Waals surface area contributed by atoms with Gasteiger partial charge in [0.15, 0.2) is 0 Å². The second kappa shape index (κ2) is 5.90. The summed E-state index contributed by atoms with van der Waals surface area (Å²) in [6, 6.07) is -0.0920.